The summed E-state index contributed by atoms with van der Waals surface area (Å²) in [5.41, 5.74) is 0. The molecule has 19 heavy (non-hydrogen) atoms. The SMILES string of the molecule is CN(C(=O)C(C(F)(F)F)C(F)(F)F)C1CCNCC1. The molecular weight excluding hydrogens is 278 g/mol. The average molecular weight is 292 g/mol. The van der Waals surface area contributed by atoms with Gasteiger partial charge in [-0.2, -0.15) is 26.3 Å². The fourth-order valence-electron chi connectivity index (χ4n) is 2.04. The largest absolute Gasteiger partial charge is 0.409 e. The van der Waals surface area contributed by atoms with Crippen molar-refractivity contribution >= 4 is 5.91 Å². The number of halogens is 6. The van der Waals surface area contributed by atoms with Crippen LogP contribution in [0.15, 0.2) is 0 Å². The van der Waals surface area contributed by atoms with E-state index < -0.39 is 30.2 Å². The Morgan fingerprint density at radius 2 is 1.53 bits per heavy atom. The zero-order chi connectivity index (χ0) is 14.8. The van der Waals surface area contributed by atoms with E-state index in [1.165, 1.54) is 0 Å². The molecule has 9 heteroatoms. The van der Waals surface area contributed by atoms with Crippen molar-refractivity contribution in [2.45, 2.75) is 31.2 Å². The first-order chi connectivity index (χ1) is 8.55. The monoisotopic (exact) mass is 292 g/mol. The van der Waals surface area contributed by atoms with Crippen LogP contribution in [0.2, 0.25) is 0 Å². The Labute approximate surface area is 105 Å². The summed E-state index contributed by atoms with van der Waals surface area (Å²) in [5, 5.41) is 2.92. The third-order valence-corrected chi connectivity index (χ3v) is 3.11. The summed E-state index contributed by atoms with van der Waals surface area (Å²) in [6.45, 7) is 0.927. The first-order valence-electron chi connectivity index (χ1n) is 5.66. The Morgan fingerprint density at radius 3 is 1.89 bits per heavy atom. The van der Waals surface area contributed by atoms with Crippen molar-refractivity contribution in [2.24, 2.45) is 5.92 Å². The van der Waals surface area contributed by atoms with Crippen molar-refractivity contribution in [3.05, 3.63) is 0 Å². The van der Waals surface area contributed by atoms with Crippen LogP contribution >= 0.6 is 0 Å². The normalized spacial score (nSPS) is 18.7. The van der Waals surface area contributed by atoms with Gasteiger partial charge in [0.25, 0.3) is 0 Å². The highest BCUT2D eigenvalue weighted by Crippen LogP contribution is 2.40. The van der Waals surface area contributed by atoms with Crippen LogP contribution in [0.1, 0.15) is 12.8 Å². The molecule has 1 saturated heterocycles. The third kappa shape index (κ3) is 3.99. The lowest BCUT2D eigenvalue weighted by Gasteiger charge is -2.34. The standard InChI is InChI=1S/C10H14F6N2O/c1-18(6-2-4-17-5-3-6)8(19)7(9(11,12)13)10(14,15)16/h6-7,17H,2-5H2,1H3. The second kappa shape index (κ2) is 5.56. The van der Waals surface area contributed by atoms with Crippen LogP contribution in [-0.2, 0) is 4.79 Å². The number of carbonyl (C=O) groups is 1. The van der Waals surface area contributed by atoms with Gasteiger partial charge in [0.1, 0.15) is 0 Å². The summed E-state index contributed by atoms with van der Waals surface area (Å²) in [4.78, 5) is 12.1. The number of piperidine rings is 1. The fourth-order valence-corrected chi connectivity index (χ4v) is 2.04. The number of amides is 1. The van der Waals surface area contributed by atoms with Gasteiger partial charge in [0.05, 0.1) is 0 Å². The molecule has 1 aliphatic rings. The van der Waals surface area contributed by atoms with E-state index in [0.29, 0.717) is 30.8 Å². The summed E-state index contributed by atoms with van der Waals surface area (Å²) in [5.74, 6) is -5.88. The minimum atomic E-state index is -5.63. The molecule has 0 aromatic carbocycles. The molecule has 112 valence electrons. The molecule has 1 amide bonds. The van der Waals surface area contributed by atoms with E-state index in [9.17, 15) is 31.1 Å². The second-order valence-corrected chi connectivity index (χ2v) is 4.45. The fraction of sp³-hybridized carbons (Fsp3) is 0.900. The van der Waals surface area contributed by atoms with Gasteiger partial charge < -0.3 is 10.2 Å². The molecule has 1 aliphatic heterocycles. The first kappa shape index (κ1) is 16.1. The molecular formula is C10H14F6N2O. The Balaban J connectivity index is 2.87. The van der Waals surface area contributed by atoms with E-state index in [4.69, 9.17) is 0 Å². The van der Waals surface area contributed by atoms with Crippen LogP contribution in [0.25, 0.3) is 0 Å². The molecule has 0 aromatic heterocycles. The lowest BCUT2D eigenvalue weighted by molar-refractivity contribution is -0.277. The summed E-state index contributed by atoms with van der Waals surface area (Å²) < 4.78 is 74.5. The highest BCUT2D eigenvalue weighted by Gasteiger charge is 2.62. The maximum absolute atomic E-state index is 12.4. The molecule has 0 atom stereocenters. The van der Waals surface area contributed by atoms with Crippen molar-refractivity contribution in [2.75, 3.05) is 20.1 Å². The van der Waals surface area contributed by atoms with Gasteiger partial charge in [-0.25, -0.2) is 0 Å². The van der Waals surface area contributed by atoms with Crippen molar-refractivity contribution in [3.8, 4) is 0 Å². The number of nitrogens with zero attached hydrogens (tertiary/aromatic N) is 1. The molecule has 1 fully saturated rings. The van der Waals surface area contributed by atoms with Gasteiger partial charge in [0.15, 0.2) is 0 Å². The topological polar surface area (TPSA) is 32.3 Å². The molecule has 0 saturated carbocycles. The van der Waals surface area contributed by atoms with Crippen molar-refractivity contribution in [1.82, 2.24) is 10.2 Å². The van der Waals surface area contributed by atoms with Gasteiger partial charge in [-0.15, -0.1) is 0 Å². The zero-order valence-corrected chi connectivity index (χ0v) is 10.1. The predicted molar refractivity (Wildman–Crippen MR) is 54.3 cm³/mol. The minimum Gasteiger partial charge on any atom is -0.342 e. The maximum atomic E-state index is 12.4. The molecule has 1 rings (SSSR count). The highest BCUT2D eigenvalue weighted by molar-refractivity contribution is 5.80. The number of nitrogens with one attached hydrogen (secondary N) is 1. The molecule has 1 N–H and O–H groups in total. The van der Waals surface area contributed by atoms with Crippen LogP contribution in [0.3, 0.4) is 0 Å². The Hall–Kier alpha value is -0.990. The Bertz CT molecular complexity index is 307. The number of alkyl halides is 6. The Kier molecular flexibility index (Phi) is 4.70. The second-order valence-electron chi connectivity index (χ2n) is 4.45. The summed E-state index contributed by atoms with van der Waals surface area (Å²) in [6, 6.07) is -0.596. The first-order valence-corrected chi connectivity index (χ1v) is 5.66. The van der Waals surface area contributed by atoms with Gasteiger partial charge in [-0.3, -0.25) is 4.79 Å². The number of hydrogen-bond acceptors (Lipinski definition) is 2. The van der Waals surface area contributed by atoms with Crippen LogP contribution in [0.5, 0.6) is 0 Å². The molecule has 0 unspecified atom stereocenters. The number of hydrogen-bond donors (Lipinski definition) is 1. The van der Waals surface area contributed by atoms with Gasteiger partial charge in [0, 0.05) is 13.1 Å². The summed E-state index contributed by atoms with van der Waals surface area (Å²) >= 11 is 0. The molecule has 0 aromatic rings. The van der Waals surface area contributed by atoms with Gasteiger partial charge in [-0.05, 0) is 25.9 Å². The van der Waals surface area contributed by atoms with Gasteiger partial charge in [0.2, 0.25) is 11.8 Å². The van der Waals surface area contributed by atoms with Crippen molar-refractivity contribution < 1.29 is 31.1 Å². The zero-order valence-electron chi connectivity index (χ0n) is 10.1. The molecule has 0 spiro atoms. The summed E-state index contributed by atoms with van der Waals surface area (Å²) in [7, 11) is 0.989. The molecule has 1 heterocycles. The van der Waals surface area contributed by atoms with E-state index in [-0.39, 0.29) is 0 Å². The van der Waals surface area contributed by atoms with Crippen molar-refractivity contribution in [3.63, 3.8) is 0 Å². The predicted octanol–water partition coefficient (Wildman–Crippen LogP) is 1.94. The lowest BCUT2D eigenvalue weighted by Crippen LogP contribution is -2.52. The van der Waals surface area contributed by atoms with E-state index in [2.05, 4.69) is 5.32 Å². The van der Waals surface area contributed by atoms with E-state index in [1.54, 1.807) is 0 Å². The number of carbonyl (C=O) groups excluding carboxylic acids is 1. The van der Waals surface area contributed by atoms with Crippen LogP contribution in [0.4, 0.5) is 26.3 Å². The number of rotatable bonds is 2. The van der Waals surface area contributed by atoms with Crippen molar-refractivity contribution in [1.29, 1.82) is 0 Å². The average Bonchev–Trinajstić information content (AvgIpc) is 2.25. The van der Waals surface area contributed by atoms with Gasteiger partial charge >= 0.3 is 12.4 Å². The molecule has 0 bridgehead atoms. The lowest BCUT2D eigenvalue weighted by atomic mass is 10.0. The van der Waals surface area contributed by atoms with E-state index in [1.807, 2.05) is 0 Å². The summed E-state index contributed by atoms with van der Waals surface area (Å²) in [6.07, 6.45) is -10.6. The van der Waals surface area contributed by atoms with Crippen LogP contribution in [0, 0.1) is 5.92 Å². The quantitative estimate of drug-likeness (QED) is 0.789. The van der Waals surface area contributed by atoms with Gasteiger partial charge in [-0.1, -0.05) is 0 Å². The Morgan fingerprint density at radius 1 is 1.11 bits per heavy atom. The molecule has 0 aliphatic carbocycles. The molecule has 0 radical (unpaired) electrons. The molecule has 3 nitrogen and oxygen atoms in total. The highest BCUT2D eigenvalue weighted by atomic mass is 19.4. The van der Waals surface area contributed by atoms with E-state index >= 15 is 0 Å². The third-order valence-electron chi connectivity index (χ3n) is 3.11. The smallest absolute Gasteiger partial charge is 0.342 e. The minimum absolute atomic E-state index is 0.338. The van der Waals surface area contributed by atoms with Crippen LogP contribution < -0.4 is 5.32 Å². The van der Waals surface area contributed by atoms with Crippen LogP contribution in [-0.4, -0.2) is 49.3 Å². The van der Waals surface area contributed by atoms with E-state index in [0.717, 1.165) is 7.05 Å². The maximum Gasteiger partial charge on any atom is 0.409 e.